The Labute approximate surface area is 375 Å². The summed E-state index contributed by atoms with van der Waals surface area (Å²) in [5, 5.41) is 13.8. The average molecular weight is 872 g/mol. The van der Waals surface area contributed by atoms with E-state index >= 15 is 0 Å². The summed E-state index contributed by atoms with van der Waals surface area (Å²) in [7, 11) is 1.51. The smallest absolute Gasteiger partial charge is 0.387 e. The summed E-state index contributed by atoms with van der Waals surface area (Å²) < 4.78 is 23.6. The van der Waals surface area contributed by atoms with Crippen LogP contribution in [0.25, 0.3) is 0 Å². The van der Waals surface area contributed by atoms with Crippen molar-refractivity contribution in [2.45, 2.75) is 187 Å². The van der Waals surface area contributed by atoms with Gasteiger partial charge >= 0.3 is 7.82 Å². The van der Waals surface area contributed by atoms with E-state index in [0.717, 1.165) is 70.6 Å². The first-order valence-corrected chi connectivity index (χ1v) is 25.6. The average Bonchev–Trinajstić information content (AvgIpc) is 3.21. The molecule has 3 unspecified atom stereocenters. The summed E-state index contributed by atoms with van der Waals surface area (Å²) in [6.45, 7) is 4.63. The molecular weight excluding hydrogens is 780 g/mol. The summed E-state index contributed by atoms with van der Waals surface area (Å²) >= 11 is 0. The minimum absolute atomic E-state index is 0.0420. The van der Waals surface area contributed by atoms with E-state index in [2.05, 4.69) is 104 Å². The Morgan fingerprint density at radius 1 is 0.574 bits per heavy atom. The van der Waals surface area contributed by atoms with Crippen LogP contribution in [0, 0.1) is 0 Å². The van der Waals surface area contributed by atoms with Gasteiger partial charge < -0.3 is 19.8 Å². The van der Waals surface area contributed by atoms with Crippen LogP contribution in [0.1, 0.15) is 174 Å². The molecule has 61 heavy (non-hydrogen) atoms. The van der Waals surface area contributed by atoms with Crippen LogP contribution in [0.15, 0.2) is 97.2 Å². The van der Waals surface area contributed by atoms with E-state index in [9.17, 15) is 19.4 Å². The first-order valence-electron chi connectivity index (χ1n) is 24.1. The van der Waals surface area contributed by atoms with Gasteiger partial charge in [-0.25, -0.2) is 4.57 Å². The number of allylic oxidation sites excluding steroid dienone is 15. The molecule has 0 saturated carbocycles. The van der Waals surface area contributed by atoms with Crippen molar-refractivity contribution in [1.29, 1.82) is 0 Å². The number of aliphatic hydroxyl groups is 1. The highest BCUT2D eigenvalue weighted by molar-refractivity contribution is 7.47. The maximum Gasteiger partial charge on any atom is 0.472 e. The Kier molecular flexibility index (Phi) is 40.9. The van der Waals surface area contributed by atoms with E-state index in [1.807, 2.05) is 27.2 Å². The summed E-state index contributed by atoms with van der Waals surface area (Å²) in [4.78, 5) is 23.2. The lowest BCUT2D eigenvalue weighted by Gasteiger charge is -2.25. The fraction of sp³-hybridized carbons (Fsp3) is 0.673. The monoisotopic (exact) mass is 872 g/mol. The molecule has 0 bridgehead atoms. The molecule has 350 valence electrons. The minimum atomic E-state index is -4.37. The lowest BCUT2D eigenvalue weighted by atomic mass is 10.0. The predicted molar refractivity (Wildman–Crippen MR) is 262 cm³/mol. The number of unbranched alkanes of at least 4 members (excludes halogenated alkanes) is 15. The van der Waals surface area contributed by atoms with Crippen molar-refractivity contribution in [1.82, 2.24) is 5.32 Å². The van der Waals surface area contributed by atoms with Crippen molar-refractivity contribution >= 4 is 13.7 Å². The van der Waals surface area contributed by atoms with E-state index < -0.39 is 20.0 Å². The molecule has 0 aromatic rings. The third kappa shape index (κ3) is 45.3. The molecule has 0 fully saturated rings. The van der Waals surface area contributed by atoms with Gasteiger partial charge in [0.25, 0.3) is 0 Å². The first kappa shape index (κ1) is 58.4. The summed E-state index contributed by atoms with van der Waals surface area (Å²) in [6.07, 6.45) is 60.6. The second-order valence-corrected chi connectivity index (χ2v) is 18.5. The van der Waals surface area contributed by atoms with Crippen molar-refractivity contribution in [3.05, 3.63) is 97.2 Å². The standard InChI is InChI=1S/C52H91N2O6P/c1-6-8-10-12-14-16-18-20-22-24-26-27-28-30-32-34-36-38-40-42-44-46-52(56)53-50(49-60-61(57,58)59-48-47-54(3,4)5)51(55)45-43-41-39-37-35-33-31-29-25-23-21-19-17-15-13-11-9-7-2/h8,10,14,16,20,22,26-27,30,32,35-38,43,45,50-51,55H,6-7,9,11-13,15,17-19,21,23-25,28-29,31,33-34,39-42,44,46-49H2,1-5H3,(H-,53,56,57,58)/p+1/b10-8-,16-14-,22-20-,27-26-,32-30-,37-35+,38-36-,45-43+. The highest BCUT2D eigenvalue weighted by Crippen LogP contribution is 2.43. The zero-order valence-corrected chi connectivity index (χ0v) is 40.5. The number of aliphatic hydroxyl groups excluding tert-OH is 1. The number of carbonyl (C=O) groups is 1. The molecule has 1 amide bonds. The first-order chi connectivity index (χ1) is 29.5. The number of rotatable bonds is 42. The van der Waals surface area contributed by atoms with Crippen molar-refractivity contribution in [3.8, 4) is 0 Å². The molecule has 0 radical (unpaired) electrons. The number of hydrogen-bond donors (Lipinski definition) is 3. The summed E-state index contributed by atoms with van der Waals surface area (Å²) in [5.41, 5.74) is 0. The van der Waals surface area contributed by atoms with Crippen molar-refractivity contribution in [2.75, 3.05) is 40.9 Å². The van der Waals surface area contributed by atoms with Crippen molar-refractivity contribution in [2.24, 2.45) is 0 Å². The highest BCUT2D eigenvalue weighted by Gasteiger charge is 2.27. The third-order valence-corrected chi connectivity index (χ3v) is 11.0. The fourth-order valence-electron chi connectivity index (χ4n) is 6.23. The van der Waals surface area contributed by atoms with Gasteiger partial charge in [0.05, 0.1) is 39.9 Å². The fourth-order valence-corrected chi connectivity index (χ4v) is 6.97. The van der Waals surface area contributed by atoms with Gasteiger partial charge in [-0.2, -0.15) is 0 Å². The van der Waals surface area contributed by atoms with Gasteiger partial charge in [-0.3, -0.25) is 13.8 Å². The molecule has 0 aromatic heterocycles. The molecule has 3 atom stereocenters. The van der Waals surface area contributed by atoms with Crippen LogP contribution in [0.2, 0.25) is 0 Å². The molecule has 0 saturated heterocycles. The van der Waals surface area contributed by atoms with Crippen LogP contribution in [-0.2, 0) is 18.4 Å². The number of hydrogen-bond acceptors (Lipinski definition) is 5. The number of phosphoric ester groups is 1. The predicted octanol–water partition coefficient (Wildman–Crippen LogP) is 13.9. The molecule has 0 aliphatic heterocycles. The van der Waals surface area contributed by atoms with Gasteiger partial charge in [0.15, 0.2) is 0 Å². The lowest BCUT2D eigenvalue weighted by molar-refractivity contribution is -0.870. The lowest BCUT2D eigenvalue weighted by Crippen LogP contribution is -2.45. The molecule has 0 heterocycles. The zero-order chi connectivity index (χ0) is 45.0. The maximum absolute atomic E-state index is 12.9. The number of carbonyl (C=O) groups excluding carboxylic acids is 1. The summed E-state index contributed by atoms with van der Waals surface area (Å²) in [6, 6.07) is -0.893. The van der Waals surface area contributed by atoms with E-state index in [4.69, 9.17) is 9.05 Å². The van der Waals surface area contributed by atoms with Crippen LogP contribution in [-0.4, -0.2) is 73.4 Å². The van der Waals surface area contributed by atoms with Gasteiger partial charge in [0.2, 0.25) is 5.91 Å². The molecule has 3 N–H and O–H groups in total. The van der Waals surface area contributed by atoms with Crippen LogP contribution in [0.3, 0.4) is 0 Å². The second-order valence-electron chi connectivity index (χ2n) is 17.1. The molecule has 0 rings (SSSR count). The molecular formula is C52H92N2O6P+. The number of likely N-dealkylation sites (N-methyl/N-ethyl adjacent to an activating group) is 1. The normalized spacial score (nSPS) is 15.1. The Bertz CT molecular complexity index is 1310. The quantitative estimate of drug-likeness (QED) is 0.0244. The Morgan fingerprint density at radius 2 is 1.00 bits per heavy atom. The molecule has 0 aliphatic carbocycles. The van der Waals surface area contributed by atoms with Crippen LogP contribution in [0.5, 0.6) is 0 Å². The topological polar surface area (TPSA) is 105 Å². The summed E-state index contributed by atoms with van der Waals surface area (Å²) in [5.74, 6) is -0.233. The Morgan fingerprint density at radius 3 is 1.51 bits per heavy atom. The van der Waals surface area contributed by atoms with E-state index in [1.54, 1.807) is 6.08 Å². The number of quaternary nitrogens is 1. The van der Waals surface area contributed by atoms with Gasteiger partial charge in [0.1, 0.15) is 13.2 Å². The SMILES string of the molecule is CC/C=C\C/C=C\C/C=C\C/C=C\C/C=C\C/C=C\CCCCC(=O)NC(COP(=O)(O)OCC[N+](C)(C)C)C(O)/C=C/CC/C=C/CCCCCCCCCCCCCC. The Balaban J connectivity index is 4.53. The number of amides is 1. The molecule has 8 nitrogen and oxygen atoms in total. The van der Waals surface area contributed by atoms with Crippen molar-refractivity contribution < 1.29 is 32.9 Å². The van der Waals surface area contributed by atoms with Gasteiger partial charge in [-0.05, 0) is 83.5 Å². The number of nitrogens with one attached hydrogen (secondary N) is 1. The van der Waals surface area contributed by atoms with E-state index in [1.165, 1.54) is 77.0 Å². The highest BCUT2D eigenvalue weighted by atomic mass is 31.2. The second kappa shape index (κ2) is 42.7. The Hall–Kier alpha value is -2.58. The van der Waals surface area contributed by atoms with Crippen LogP contribution in [0.4, 0.5) is 0 Å². The molecule has 0 aromatic carbocycles. The van der Waals surface area contributed by atoms with E-state index in [-0.39, 0.29) is 25.5 Å². The third-order valence-electron chi connectivity index (χ3n) is 10.0. The molecule has 0 spiro atoms. The minimum Gasteiger partial charge on any atom is -0.387 e. The van der Waals surface area contributed by atoms with Crippen molar-refractivity contribution in [3.63, 3.8) is 0 Å². The van der Waals surface area contributed by atoms with Gasteiger partial charge in [0, 0.05) is 6.42 Å². The number of phosphoric acid groups is 1. The van der Waals surface area contributed by atoms with E-state index in [0.29, 0.717) is 17.4 Å². The van der Waals surface area contributed by atoms with Gasteiger partial charge in [-0.15, -0.1) is 0 Å². The molecule has 9 heteroatoms. The zero-order valence-electron chi connectivity index (χ0n) is 39.6. The molecule has 0 aliphatic rings. The largest absolute Gasteiger partial charge is 0.472 e. The van der Waals surface area contributed by atoms with Crippen LogP contribution < -0.4 is 5.32 Å². The maximum atomic E-state index is 12.9. The number of nitrogens with zero attached hydrogens (tertiary/aromatic N) is 1. The van der Waals surface area contributed by atoms with Gasteiger partial charge in [-0.1, -0.05) is 182 Å². The van der Waals surface area contributed by atoms with Crippen LogP contribution >= 0.6 is 7.82 Å².